The van der Waals surface area contributed by atoms with Gasteiger partial charge in [-0.05, 0) is 23.6 Å². The molecule has 1 aromatic carbocycles. The Morgan fingerprint density at radius 3 is 2.50 bits per heavy atom. The molecule has 0 unspecified atom stereocenters. The maximum Gasteiger partial charge on any atom is 0.0408 e. The zero-order valence-electron chi connectivity index (χ0n) is 7.17. The van der Waals surface area contributed by atoms with Crippen molar-refractivity contribution in [1.29, 1.82) is 0 Å². The standard InChI is InChI=1S/C9H14N2S/c1-2-7-8(10)4-3-6(5-12)9(7)11/h3-4,12H,2,5,10-11H2,1H3. The van der Waals surface area contributed by atoms with Gasteiger partial charge < -0.3 is 11.5 Å². The molecule has 12 heavy (non-hydrogen) atoms. The van der Waals surface area contributed by atoms with Crippen molar-refractivity contribution >= 4 is 24.0 Å². The Morgan fingerprint density at radius 1 is 1.33 bits per heavy atom. The largest absolute Gasteiger partial charge is 0.398 e. The molecule has 0 aromatic heterocycles. The van der Waals surface area contributed by atoms with Gasteiger partial charge >= 0.3 is 0 Å². The second kappa shape index (κ2) is 3.72. The van der Waals surface area contributed by atoms with Crippen LogP contribution in [-0.4, -0.2) is 0 Å². The van der Waals surface area contributed by atoms with E-state index in [9.17, 15) is 0 Å². The van der Waals surface area contributed by atoms with Gasteiger partial charge in [0.15, 0.2) is 0 Å². The van der Waals surface area contributed by atoms with Crippen molar-refractivity contribution in [1.82, 2.24) is 0 Å². The molecule has 0 spiro atoms. The van der Waals surface area contributed by atoms with Crippen LogP contribution < -0.4 is 11.5 Å². The molecule has 0 saturated carbocycles. The number of benzene rings is 1. The molecule has 1 rings (SSSR count). The first-order valence-corrected chi connectivity index (χ1v) is 4.60. The Balaban J connectivity index is 3.24. The number of thiol groups is 1. The summed E-state index contributed by atoms with van der Waals surface area (Å²) in [6.07, 6.45) is 0.874. The van der Waals surface area contributed by atoms with Gasteiger partial charge in [0.1, 0.15) is 0 Å². The summed E-state index contributed by atoms with van der Waals surface area (Å²) in [6, 6.07) is 3.82. The molecule has 0 atom stereocenters. The van der Waals surface area contributed by atoms with Crippen molar-refractivity contribution in [2.45, 2.75) is 19.1 Å². The molecule has 0 saturated heterocycles. The highest BCUT2D eigenvalue weighted by atomic mass is 32.1. The Kier molecular flexibility index (Phi) is 2.87. The molecule has 0 aliphatic rings. The Bertz CT molecular complexity index is 284. The predicted octanol–water partition coefficient (Wildman–Crippen LogP) is 1.84. The molecule has 0 amide bonds. The van der Waals surface area contributed by atoms with Crippen LogP contribution in [0, 0.1) is 0 Å². The molecule has 0 aliphatic carbocycles. The number of nitrogen functional groups attached to an aromatic ring is 2. The maximum atomic E-state index is 5.88. The van der Waals surface area contributed by atoms with Crippen LogP contribution in [0.4, 0.5) is 11.4 Å². The number of hydrogen-bond donors (Lipinski definition) is 3. The van der Waals surface area contributed by atoms with Crippen molar-refractivity contribution in [2.75, 3.05) is 11.5 Å². The van der Waals surface area contributed by atoms with Gasteiger partial charge in [-0.1, -0.05) is 13.0 Å². The zero-order chi connectivity index (χ0) is 9.14. The summed E-state index contributed by atoms with van der Waals surface area (Å²) in [4.78, 5) is 0. The van der Waals surface area contributed by atoms with Crippen LogP contribution in [0.5, 0.6) is 0 Å². The van der Waals surface area contributed by atoms with Crippen LogP contribution in [0.1, 0.15) is 18.1 Å². The van der Waals surface area contributed by atoms with Crippen LogP contribution >= 0.6 is 12.6 Å². The van der Waals surface area contributed by atoms with E-state index in [1.54, 1.807) is 0 Å². The smallest absolute Gasteiger partial charge is 0.0408 e. The fourth-order valence-electron chi connectivity index (χ4n) is 1.26. The van der Waals surface area contributed by atoms with Gasteiger partial charge in [-0.25, -0.2) is 0 Å². The highest BCUT2D eigenvalue weighted by molar-refractivity contribution is 7.79. The number of rotatable bonds is 2. The quantitative estimate of drug-likeness (QED) is 0.483. The molecule has 66 valence electrons. The summed E-state index contributed by atoms with van der Waals surface area (Å²) in [6.45, 7) is 2.05. The minimum atomic E-state index is 0.666. The van der Waals surface area contributed by atoms with E-state index in [0.717, 1.165) is 28.9 Å². The van der Waals surface area contributed by atoms with Gasteiger partial charge in [0.05, 0.1) is 0 Å². The molecule has 0 aliphatic heterocycles. The molecule has 2 nitrogen and oxygen atoms in total. The fourth-order valence-corrected chi connectivity index (χ4v) is 1.54. The summed E-state index contributed by atoms with van der Waals surface area (Å²) in [5, 5.41) is 0. The van der Waals surface area contributed by atoms with Crippen LogP contribution in [-0.2, 0) is 12.2 Å². The van der Waals surface area contributed by atoms with E-state index in [1.165, 1.54) is 0 Å². The average molecular weight is 182 g/mol. The van der Waals surface area contributed by atoms with Crippen LogP contribution in [0.3, 0.4) is 0 Å². The van der Waals surface area contributed by atoms with Gasteiger partial charge in [0.25, 0.3) is 0 Å². The van der Waals surface area contributed by atoms with E-state index in [4.69, 9.17) is 11.5 Å². The van der Waals surface area contributed by atoms with Crippen LogP contribution in [0.25, 0.3) is 0 Å². The highest BCUT2D eigenvalue weighted by Crippen LogP contribution is 2.25. The van der Waals surface area contributed by atoms with E-state index in [1.807, 2.05) is 19.1 Å². The summed E-state index contributed by atoms with van der Waals surface area (Å²) < 4.78 is 0. The van der Waals surface area contributed by atoms with Crippen molar-refractivity contribution in [3.8, 4) is 0 Å². The first kappa shape index (κ1) is 9.26. The fraction of sp³-hybridized carbons (Fsp3) is 0.333. The molecular formula is C9H14N2S. The SMILES string of the molecule is CCc1c(N)ccc(CS)c1N. The third-order valence-electron chi connectivity index (χ3n) is 2.01. The van der Waals surface area contributed by atoms with Gasteiger partial charge in [-0.3, -0.25) is 0 Å². The first-order valence-electron chi connectivity index (χ1n) is 3.97. The Labute approximate surface area is 78.4 Å². The van der Waals surface area contributed by atoms with Gasteiger partial charge in [-0.2, -0.15) is 12.6 Å². The van der Waals surface area contributed by atoms with E-state index >= 15 is 0 Å². The monoisotopic (exact) mass is 182 g/mol. The lowest BCUT2D eigenvalue weighted by Gasteiger charge is -2.10. The van der Waals surface area contributed by atoms with Crippen molar-refractivity contribution in [3.63, 3.8) is 0 Å². The summed E-state index contributed by atoms with van der Waals surface area (Å²) in [7, 11) is 0. The number of hydrogen-bond acceptors (Lipinski definition) is 3. The highest BCUT2D eigenvalue weighted by Gasteiger charge is 2.05. The molecule has 0 bridgehead atoms. The Hall–Kier alpha value is -0.830. The lowest BCUT2D eigenvalue weighted by Crippen LogP contribution is -2.02. The number of nitrogens with two attached hydrogens (primary N) is 2. The first-order chi connectivity index (χ1) is 5.70. The van der Waals surface area contributed by atoms with E-state index < -0.39 is 0 Å². The normalized spacial score (nSPS) is 10.2. The molecule has 3 heteroatoms. The van der Waals surface area contributed by atoms with Crippen molar-refractivity contribution in [2.24, 2.45) is 0 Å². The molecule has 0 radical (unpaired) electrons. The van der Waals surface area contributed by atoms with Gasteiger partial charge in [0.2, 0.25) is 0 Å². The van der Waals surface area contributed by atoms with Crippen molar-refractivity contribution in [3.05, 3.63) is 23.3 Å². The molecule has 0 heterocycles. The van der Waals surface area contributed by atoms with E-state index in [0.29, 0.717) is 5.75 Å². The topological polar surface area (TPSA) is 52.0 Å². The molecule has 4 N–H and O–H groups in total. The predicted molar refractivity (Wildman–Crippen MR) is 57.3 cm³/mol. The van der Waals surface area contributed by atoms with Crippen molar-refractivity contribution < 1.29 is 0 Å². The minimum Gasteiger partial charge on any atom is -0.398 e. The summed E-state index contributed by atoms with van der Waals surface area (Å²) in [5.74, 6) is 0.666. The number of anilines is 2. The second-order valence-corrected chi connectivity index (χ2v) is 3.03. The van der Waals surface area contributed by atoms with Gasteiger partial charge in [-0.15, -0.1) is 0 Å². The lowest BCUT2D eigenvalue weighted by atomic mass is 10.0. The maximum absolute atomic E-state index is 5.88. The van der Waals surface area contributed by atoms with Crippen LogP contribution in [0.2, 0.25) is 0 Å². The summed E-state index contributed by atoms with van der Waals surface area (Å²) in [5.41, 5.74) is 15.3. The molecule has 1 aromatic rings. The third kappa shape index (κ3) is 1.50. The van der Waals surface area contributed by atoms with E-state index in [2.05, 4.69) is 12.6 Å². The van der Waals surface area contributed by atoms with Crippen LogP contribution in [0.15, 0.2) is 12.1 Å². The minimum absolute atomic E-state index is 0.666. The average Bonchev–Trinajstić information content (AvgIpc) is 2.06. The van der Waals surface area contributed by atoms with Gasteiger partial charge in [0, 0.05) is 17.1 Å². The third-order valence-corrected chi connectivity index (χ3v) is 2.35. The zero-order valence-corrected chi connectivity index (χ0v) is 8.07. The Morgan fingerprint density at radius 2 is 2.00 bits per heavy atom. The summed E-state index contributed by atoms with van der Waals surface area (Å²) >= 11 is 4.18. The second-order valence-electron chi connectivity index (χ2n) is 2.72. The molecule has 0 fully saturated rings. The van der Waals surface area contributed by atoms with E-state index in [-0.39, 0.29) is 0 Å². The lowest BCUT2D eigenvalue weighted by molar-refractivity contribution is 1.14. The molecular weight excluding hydrogens is 168 g/mol.